The molecule has 130 valence electrons. The van der Waals surface area contributed by atoms with Crippen LogP contribution in [-0.4, -0.2) is 46.5 Å². The van der Waals surface area contributed by atoms with E-state index in [0.29, 0.717) is 25.5 Å². The molecule has 1 atom stereocenters. The minimum Gasteiger partial charge on any atom is -0.497 e. The van der Waals surface area contributed by atoms with E-state index in [0.717, 1.165) is 11.3 Å². The van der Waals surface area contributed by atoms with Crippen LogP contribution >= 0.6 is 0 Å². The van der Waals surface area contributed by atoms with E-state index in [9.17, 15) is 9.59 Å². The van der Waals surface area contributed by atoms with Crippen molar-refractivity contribution in [1.82, 2.24) is 14.5 Å². The second kappa shape index (κ2) is 5.61. The normalized spacial score (nSPS) is 19.0. The number of hydrogen-bond donors (Lipinski definition) is 1. The van der Waals surface area contributed by atoms with Gasteiger partial charge in [0.05, 0.1) is 25.0 Å². The first-order chi connectivity index (χ1) is 12.0. The number of likely N-dealkylation sites (tertiary alicyclic amines) is 1. The zero-order valence-corrected chi connectivity index (χ0v) is 14.2. The Morgan fingerprint density at radius 1 is 1.40 bits per heavy atom. The van der Waals surface area contributed by atoms with Crippen molar-refractivity contribution in [1.29, 1.82) is 0 Å². The molecule has 0 saturated carbocycles. The van der Waals surface area contributed by atoms with Gasteiger partial charge in [-0.1, -0.05) is 12.1 Å². The maximum absolute atomic E-state index is 12.8. The van der Waals surface area contributed by atoms with Gasteiger partial charge in [0.2, 0.25) is 17.8 Å². The molecular weight excluding hydrogens is 320 g/mol. The molecule has 7 heteroatoms. The molecule has 0 aliphatic carbocycles. The van der Waals surface area contributed by atoms with Crippen LogP contribution < -0.4 is 10.1 Å². The average molecular weight is 340 g/mol. The standard InChI is InChI=1S/C18H20N4O3/c1-12(13-4-3-5-14(8-13)25-2)16(24)21-10-18(11-21)9-15(23)20-17-19-6-7-22(17)18/h3-8,12H,9-11H2,1-2H3,(H,19,20,23). The predicted molar refractivity (Wildman–Crippen MR) is 91.4 cm³/mol. The molecule has 1 fully saturated rings. The fourth-order valence-corrected chi connectivity index (χ4v) is 3.74. The molecule has 1 saturated heterocycles. The van der Waals surface area contributed by atoms with Gasteiger partial charge in [0.1, 0.15) is 5.75 Å². The monoisotopic (exact) mass is 340 g/mol. The summed E-state index contributed by atoms with van der Waals surface area (Å²) in [7, 11) is 1.61. The molecule has 1 aromatic carbocycles. The average Bonchev–Trinajstić information content (AvgIpc) is 3.06. The van der Waals surface area contributed by atoms with Crippen molar-refractivity contribution in [2.75, 3.05) is 25.5 Å². The Bertz CT molecular complexity index is 838. The largest absolute Gasteiger partial charge is 0.497 e. The summed E-state index contributed by atoms with van der Waals surface area (Å²) in [5.41, 5.74) is 0.563. The van der Waals surface area contributed by atoms with E-state index in [-0.39, 0.29) is 23.3 Å². The molecule has 2 aromatic rings. The lowest BCUT2D eigenvalue weighted by Crippen LogP contribution is -2.67. The van der Waals surface area contributed by atoms with E-state index in [1.165, 1.54) is 0 Å². The number of hydrogen-bond acceptors (Lipinski definition) is 4. The number of nitrogens with one attached hydrogen (secondary N) is 1. The van der Waals surface area contributed by atoms with Crippen LogP contribution in [0.3, 0.4) is 0 Å². The third-order valence-corrected chi connectivity index (χ3v) is 5.14. The third-order valence-electron chi connectivity index (χ3n) is 5.14. The lowest BCUT2D eigenvalue weighted by molar-refractivity contribution is -0.146. The molecule has 2 amide bonds. The van der Waals surface area contributed by atoms with Crippen LogP contribution in [0.25, 0.3) is 0 Å². The van der Waals surface area contributed by atoms with Crippen LogP contribution in [0.4, 0.5) is 5.95 Å². The first-order valence-corrected chi connectivity index (χ1v) is 8.29. The minimum atomic E-state index is -0.363. The molecule has 3 heterocycles. The molecule has 1 aromatic heterocycles. The number of carbonyl (C=O) groups is 2. The fraction of sp³-hybridized carbons (Fsp3) is 0.389. The topological polar surface area (TPSA) is 76.5 Å². The Hall–Kier alpha value is -2.83. The summed E-state index contributed by atoms with van der Waals surface area (Å²) in [6.45, 7) is 2.95. The Morgan fingerprint density at radius 3 is 2.96 bits per heavy atom. The van der Waals surface area contributed by atoms with Crippen molar-refractivity contribution in [3.63, 3.8) is 0 Å². The van der Waals surface area contributed by atoms with Gasteiger partial charge in [0.15, 0.2) is 0 Å². The van der Waals surface area contributed by atoms with Gasteiger partial charge in [-0.2, -0.15) is 0 Å². The second-order valence-electron chi connectivity index (χ2n) is 6.76. The van der Waals surface area contributed by atoms with Crippen molar-refractivity contribution in [3.8, 4) is 5.75 Å². The summed E-state index contributed by atoms with van der Waals surface area (Å²) in [6.07, 6.45) is 3.90. The first kappa shape index (κ1) is 15.7. The summed E-state index contributed by atoms with van der Waals surface area (Å²) in [5.74, 6) is 1.05. The molecule has 0 radical (unpaired) electrons. The maximum Gasteiger partial charge on any atom is 0.229 e. The number of amides is 2. The van der Waals surface area contributed by atoms with Gasteiger partial charge < -0.3 is 14.2 Å². The van der Waals surface area contributed by atoms with Crippen molar-refractivity contribution < 1.29 is 14.3 Å². The number of fused-ring (bicyclic) bond motifs is 2. The lowest BCUT2D eigenvalue weighted by Gasteiger charge is -2.53. The second-order valence-corrected chi connectivity index (χ2v) is 6.76. The van der Waals surface area contributed by atoms with Crippen LogP contribution in [0, 0.1) is 0 Å². The van der Waals surface area contributed by atoms with Gasteiger partial charge in [0.25, 0.3) is 0 Å². The van der Waals surface area contributed by atoms with Crippen LogP contribution in [0.15, 0.2) is 36.7 Å². The number of methoxy groups -OCH3 is 1. The number of benzene rings is 1. The van der Waals surface area contributed by atoms with Crippen molar-refractivity contribution in [3.05, 3.63) is 42.2 Å². The highest BCUT2D eigenvalue weighted by atomic mass is 16.5. The summed E-state index contributed by atoms with van der Waals surface area (Å²) in [4.78, 5) is 30.8. The van der Waals surface area contributed by atoms with Crippen molar-refractivity contribution in [2.24, 2.45) is 0 Å². The number of nitrogens with zero attached hydrogens (tertiary/aromatic N) is 3. The van der Waals surface area contributed by atoms with Crippen LogP contribution in [0.5, 0.6) is 5.75 Å². The van der Waals surface area contributed by atoms with Gasteiger partial charge in [0, 0.05) is 25.5 Å². The van der Waals surface area contributed by atoms with Gasteiger partial charge >= 0.3 is 0 Å². The molecule has 2 aliphatic heterocycles. The van der Waals surface area contributed by atoms with E-state index >= 15 is 0 Å². The summed E-state index contributed by atoms with van der Waals surface area (Å²) in [5, 5.41) is 2.76. The van der Waals surface area contributed by atoms with E-state index < -0.39 is 0 Å². The van der Waals surface area contributed by atoms with E-state index in [1.54, 1.807) is 13.3 Å². The number of rotatable bonds is 3. The van der Waals surface area contributed by atoms with Gasteiger partial charge in [-0.05, 0) is 24.6 Å². The maximum atomic E-state index is 12.8. The molecule has 1 spiro atoms. The molecular formula is C18H20N4O3. The Balaban J connectivity index is 1.50. The van der Waals surface area contributed by atoms with Crippen LogP contribution in [0.1, 0.15) is 24.8 Å². The lowest BCUT2D eigenvalue weighted by atomic mass is 9.83. The van der Waals surface area contributed by atoms with Crippen LogP contribution in [0.2, 0.25) is 0 Å². The SMILES string of the molecule is COc1cccc(C(C)C(=O)N2CC3(CC(=O)Nc4nccn43)C2)c1. The highest BCUT2D eigenvalue weighted by Crippen LogP contribution is 2.39. The Morgan fingerprint density at radius 2 is 2.20 bits per heavy atom. The van der Waals surface area contributed by atoms with Gasteiger partial charge in [-0.25, -0.2) is 4.98 Å². The number of carbonyl (C=O) groups excluding carboxylic acids is 2. The highest BCUT2D eigenvalue weighted by molar-refractivity contribution is 5.92. The van der Waals surface area contributed by atoms with E-state index in [4.69, 9.17) is 4.74 Å². The molecule has 25 heavy (non-hydrogen) atoms. The highest BCUT2D eigenvalue weighted by Gasteiger charge is 2.51. The predicted octanol–water partition coefficient (Wildman–Crippen LogP) is 1.58. The quantitative estimate of drug-likeness (QED) is 0.920. The van der Waals surface area contributed by atoms with Crippen molar-refractivity contribution in [2.45, 2.75) is 24.8 Å². The number of ether oxygens (including phenoxy) is 1. The molecule has 0 bridgehead atoms. The molecule has 2 aliphatic rings. The van der Waals surface area contributed by atoms with E-state index in [1.807, 2.05) is 46.9 Å². The Labute approximate surface area is 145 Å². The third kappa shape index (κ3) is 2.47. The summed E-state index contributed by atoms with van der Waals surface area (Å²) < 4.78 is 7.22. The smallest absolute Gasteiger partial charge is 0.229 e. The number of anilines is 1. The summed E-state index contributed by atoms with van der Waals surface area (Å²) in [6, 6.07) is 7.57. The van der Waals surface area contributed by atoms with Gasteiger partial charge in [-0.3, -0.25) is 14.9 Å². The Kier molecular flexibility index (Phi) is 3.52. The van der Waals surface area contributed by atoms with Crippen LogP contribution in [-0.2, 0) is 15.1 Å². The fourth-order valence-electron chi connectivity index (χ4n) is 3.74. The first-order valence-electron chi connectivity index (χ1n) is 8.29. The minimum absolute atomic E-state index is 0.0494. The molecule has 4 rings (SSSR count). The molecule has 7 nitrogen and oxygen atoms in total. The number of imidazole rings is 1. The zero-order valence-electron chi connectivity index (χ0n) is 14.2. The summed E-state index contributed by atoms with van der Waals surface area (Å²) >= 11 is 0. The molecule has 1 unspecified atom stereocenters. The van der Waals surface area contributed by atoms with E-state index in [2.05, 4.69) is 10.3 Å². The van der Waals surface area contributed by atoms with Crippen molar-refractivity contribution >= 4 is 17.8 Å². The zero-order chi connectivity index (χ0) is 17.6. The molecule has 1 N–H and O–H groups in total. The number of aromatic nitrogens is 2. The van der Waals surface area contributed by atoms with Gasteiger partial charge in [-0.15, -0.1) is 0 Å².